The lowest BCUT2D eigenvalue weighted by atomic mass is 9.86. The van der Waals surface area contributed by atoms with Gasteiger partial charge < -0.3 is 19.9 Å². The molecule has 4 aliphatic rings. The lowest BCUT2D eigenvalue weighted by Crippen LogP contribution is -2.29. The molecule has 0 spiro atoms. The molecule has 0 bridgehead atoms. The second-order valence-corrected chi connectivity index (χ2v) is 18.7. The van der Waals surface area contributed by atoms with Gasteiger partial charge in [0, 0.05) is 68.7 Å². The van der Waals surface area contributed by atoms with Gasteiger partial charge in [-0.1, -0.05) is 74.3 Å². The van der Waals surface area contributed by atoms with Crippen molar-refractivity contribution in [2.24, 2.45) is 0 Å². The van der Waals surface area contributed by atoms with E-state index in [2.05, 4.69) is 91.9 Å². The maximum Gasteiger partial charge on any atom is 0.325 e. The predicted octanol–water partition coefficient (Wildman–Crippen LogP) is 7.36. The molecular formula is C52H72N8O8. The van der Waals surface area contributed by atoms with E-state index in [0.717, 1.165) is 122 Å². The zero-order chi connectivity index (χ0) is 49.7. The highest BCUT2D eigenvalue weighted by Gasteiger charge is 2.23. The first-order valence-corrected chi connectivity index (χ1v) is 24.5. The normalized spacial score (nSPS) is 20.1. The molecule has 0 saturated heterocycles. The van der Waals surface area contributed by atoms with Gasteiger partial charge in [0.1, 0.15) is 0 Å². The van der Waals surface area contributed by atoms with Gasteiger partial charge in [-0.3, -0.25) is 39.1 Å². The first-order chi connectivity index (χ1) is 32.5. The van der Waals surface area contributed by atoms with Gasteiger partial charge in [-0.15, -0.1) is 0 Å². The molecule has 4 heterocycles. The average molecular weight is 937 g/mol. The van der Waals surface area contributed by atoms with Crippen LogP contribution in [0, 0.1) is 0 Å². The molecule has 16 nitrogen and oxygen atoms in total. The molecule has 4 aromatic heterocycles. The van der Waals surface area contributed by atoms with Crippen LogP contribution in [-0.2, 0) is 25.7 Å². The van der Waals surface area contributed by atoms with Crippen LogP contribution in [0.5, 0.6) is 0 Å². The van der Waals surface area contributed by atoms with Gasteiger partial charge in [-0.2, -0.15) is 0 Å². The SMILES string of the molecule is CCc1c(C2CC=C(C)CC2)[nH]c(=O)[nH]c1=O.CCc1c(C2CC=C(C)CC2)[nH]c(=O)[nH]c1=O.CCc1c(C2CC=C(C)CC2)[nH]c(=O)[nH]c1=O.CCc1c(C2CC=C(C)CC2)[nH]c(=O)[nH]c1=O. The van der Waals surface area contributed by atoms with Crippen LogP contribution in [0.25, 0.3) is 0 Å². The van der Waals surface area contributed by atoms with Gasteiger partial charge in [0.05, 0.1) is 0 Å². The van der Waals surface area contributed by atoms with Crippen molar-refractivity contribution in [3.8, 4) is 0 Å². The highest BCUT2D eigenvalue weighted by atomic mass is 16.2. The van der Waals surface area contributed by atoms with Crippen LogP contribution in [0.2, 0.25) is 0 Å². The van der Waals surface area contributed by atoms with Gasteiger partial charge >= 0.3 is 22.8 Å². The van der Waals surface area contributed by atoms with Crippen molar-refractivity contribution >= 4 is 0 Å². The number of aromatic amines is 8. The first kappa shape index (κ1) is 52.6. The van der Waals surface area contributed by atoms with E-state index in [1.807, 2.05) is 27.7 Å². The summed E-state index contributed by atoms with van der Waals surface area (Å²) in [4.78, 5) is 113. The van der Waals surface area contributed by atoms with Gasteiger partial charge in [0.2, 0.25) is 0 Å². The largest absolute Gasteiger partial charge is 0.325 e. The summed E-state index contributed by atoms with van der Waals surface area (Å²) in [6, 6.07) is 0. The van der Waals surface area contributed by atoms with Crippen molar-refractivity contribution < 1.29 is 0 Å². The van der Waals surface area contributed by atoms with Crippen LogP contribution in [0.15, 0.2) is 85.0 Å². The van der Waals surface area contributed by atoms with Crippen LogP contribution in [0.3, 0.4) is 0 Å². The van der Waals surface area contributed by atoms with E-state index in [-0.39, 0.29) is 45.9 Å². The zero-order valence-electron chi connectivity index (χ0n) is 41.2. The lowest BCUT2D eigenvalue weighted by Gasteiger charge is -2.21. The Morgan fingerprint density at radius 2 is 0.529 bits per heavy atom. The zero-order valence-corrected chi connectivity index (χ0v) is 41.2. The Balaban J connectivity index is 0.000000169. The van der Waals surface area contributed by atoms with E-state index < -0.39 is 22.8 Å². The molecule has 0 radical (unpaired) electrons. The third-order valence-electron chi connectivity index (χ3n) is 13.9. The standard InChI is InChI=1S/4C13H18N2O2/c4*1-3-10-11(14-13(17)15-12(10)16)9-6-4-8(2)5-7-9/h4*4,9H,3,5-7H2,1-2H3,(H2,14,15,16,17). The minimum Gasteiger partial charge on any atom is -0.311 e. The molecule has 16 heteroatoms. The highest BCUT2D eigenvalue weighted by molar-refractivity contribution is 5.27. The smallest absolute Gasteiger partial charge is 0.311 e. The fourth-order valence-corrected chi connectivity index (χ4v) is 9.83. The van der Waals surface area contributed by atoms with Gasteiger partial charge in [-0.25, -0.2) is 19.2 Å². The summed E-state index contributed by atoms with van der Waals surface area (Å²) in [6.07, 6.45) is 23.3. The Hall–Kier alpha value is -6.32. The predicted molar refractivity (Wildman–Crippen MR) is 270 cm³/mol. The van der Waals surface area contributed by atoms with Crippen LogP contribution >= 0.6 is 0 Å². The van der Waals surface area contributed by atoms with Crippen molar-refractivity contribution in [2.45, 2.75) is 182 Å². The second-order valence-electron chi connectivity index (χ2n) is 18.7. The molecule has 4 atom stereocenters. The molecule has 0 fully saturated rings. The molecule has 68 heavy (non-hydrogen) atoms. The highest BCUT2D eigenvalue weighted by Crippen LogP contribution is 2.34. The minimum absolute atomic E-state index is 0.238. The van der Waals surface area contributed by atoms with E-state index in [1.54, 1.807) is 0 Å². The summed E-state index contributed by atoms with van der Waals surface area (Å²) in [7, 11) is 0. The maximum atomic E-state index is 11.7. The fraction of sp³-hybridized carbons (Fsp3) is 0.538. The number of rotatable bonds is 8. The maximum absolute atomic E-state index is 11.7. The van der Waals surface area contributed by atoms with Gasteiger partial charge in [0.25, 0.3) is 22.2 Å². The number of allylic oxidation sites excluding steroid dienone is 8. The van der Waals surface area contributed by atoms with Crippen LogP contribution in [0.1, 0.15) is 201 Å². The molecule has 8 rings (SSSR count). The molecule has 4 aromatic rings. The van der Waals surface area contributed by atoms with E-state index in [9.17, 15) is 38.4 Å². The van der Waals surface area contributed by atoms with Crippen molar-refractivity contribution in [1.82, 2.24) is 39.9 Å². The Labute approximate surface area is 395 Å². The number of aromatic nitrogens is 8. The van der Waals surface area contributed by atoms with Crippen LogP contribution in [-0.4, -0.2) is 39.9 Å². The van der Waals surface area contributed by atoms with E-state index in [0.29, 0.717) is 25.7 Å². The van der Waals surface area contributed by atoms with Crippen molar-refractivity contribution in [2.75, 3.05) is 0 Å². The second kappa shape index (κ2) is 24.6. The topological polar surface area (TPSA) is 263 Å². The average Bonchev–Trinajstić information content (AvgIpc) is 3.30. The van der Waals surface area contributed by atoms with Gasteiger partial charge in [0.15, 0.2) is 0 Å². The quantitative estimate of drug-likeness (QED) is 0.0826. The minimum atomic E-state index is -0.395. The molecule has 368 valence electrons. The van der Waals surface area contributed by atoms with E-state index in [4.69, 9.17) is 0 Å². The summed E-state index contributed by atoms with van der Waals surface area (Å²) in [6.45, 7) is 16.3. The lowest BCUT2D eigenvalue weighted by molar-refractivity contribution is 0.573. The van der Waals surface area contributed by atoms with E-state index in [1.165, 1.54) is 22.3 Å². The molecule has 4 aliphatic carbocycles. The monoisotopic (exact) mass is 937 g/mol. The fourth-order valence-electron chi connectivity index (χ4n) is 9.83. The molecule has 0 aromatic carbocycles. The van der Waals surface area contributed by atoms with Crippen LogP contribution < -0.4 is 45.0 Å². The van der Waals surface area contributed by atoms with Crippen molar-refractivity contribution in [3.05, 3.63) is 175 Å². The number of H-pyrrole nitrogens is 8. The summed E-state index contributed by atoms with van der Waals surface area (Å²) in [5, 5.41) is 0. The third kappa shape index (κ3) is 13.9. The number of nitrogens with one attached hydrogen (secondary N) is 8. The molecule has 4 unspecified atom stereocenters. The van der Waals surface area contributed by atoms with Gasteiger partial charge in [-0.05, 0) is 130 Å². The summed E-state index contributed by atoms with van der Waals surface area (Å²) in [5.41, 5.74) is 9.30. The number of hydrogen-bond acceptors (Lipinski definition) is 8. The third-order valence-corrected chi connectivity index (χ3v) is 13.9. The molecular weight excluding hydrogens is 865 g/mol. The molecule has 8 N–H and O–H groups in total. The summed E-state index contributed by atoms with van der Waals surface area (Å²) >= 11 is 0. The summed E-state index contributed by atoms with van der Waals surface area (Å²) in [5.74, 6) is 1.12. The molecule has 0 saturated carbocycles. The Morgan fingerprint density at radius 1 is 0.338 bits per heavy atom. The molecule has 0 amide bonds. The molecule has 0 aliphatic heterocycles. The van der Waals surface area contributed by atoms with E-state index >= 15 is 0 Å². The van der Waals surface area contributed by atoms with Crippen LogP contribution in [0.4, 0.5) is 0 Å². The Morgan fingerprint density at radius 3 is 0.676 bits per heavy atom. The first-order valence-electron chi connectivity index (χ1n) is 24.5. The summed E-state index contributed by atoms with van der Waals surface area (Å²) < 4.78 is 0. The van der Waals surface area contributed by atoms with Crippen molar-refractivity contribution in [1.29, 1.82) is 0 Å². The Kier molecular flexibility index (Phi) is 19.1. The number of hydrogen-bond donors (Lipinski definition) is 8. The van der Waals surface area contributed by atoms with Crippen molar-refractivity contribution in [3.63, 3.8) is 0 Å². The Bertz CT molecular complexity index is 2610.